The molecule has 4 N–H and O–H groups in total. The Morgan fingerprint density at radius 1 is 1.39 bits per heavy atom. The summed E-state index contributed by atoms with van der Waals surface area (Å²) in [6.45, 7) is 0. The van der Waals surface area contributed by atoms with Crippen LogP contribution in [0.3, 0.4) is 0 Å². The van der Waals surface area contributed by atoms with Crippen molar-refractivity contribution in [3.05, 3.63) is 6.07 Å². The van der Waals surface area contributed by atoms with Crippen molar-refractivity contribution >= 4 is 23.4 Å². The third-order valence-electron chi connectivity index (χ3n) is 3.11. The SMILES string of the molecule is COC1CCC(Nc2cc(NN)nc(SC)n2)C1. The van der Waals surface area contributed by atoms with Crippen LogP contribution < -0.4 is 16.6 Å². The lowest BCUT2D eigenvalue weighted by Crippen LogP contribution is -2.19. The number of nitrogens with zero attached hydrogens (tertiary/aromatic N) is 2. The normalized spacial score (nSPS) is 23.1. The number of nitrogen functional groups attached to an aromatic ring is 1. The van der Waals surface area contributed by atoms with Crippen LogP contribution in [-0.2, 0) is 4.74 Å². The number of anilines is 2. The molecule has 0 saturated heterocycles. The first-order valence-electron chi connectivity index (χ1n) is 5.94. The van der Waals surface area contributed by atoms with Gasteiger partial charge in [0.2, 0.25) is 0 Å². The van der Waals surface area contributed by atoms with Crippen LogP contribution in [0.25, 0.3) is 0 Å². The summed E-state index contributed by atoms with van der Waals surface area (Å²) >= 11 is 1.49. The molecule has 2 rings (SSSR count). The van der Waals surface area contributed by atoms with Crippen LogP contribution in [0.4, 0.5) is 11.6 Å². The monoisotopic (exact) mass is 269 g/mol. The van der Waals surface area contributed by atoms with Crippen LogP contribution in [-0.4, -0.2) is 35.5 Å². The number of methoxy groups -OCH3 is 1. The maximum absolute atomic E-state index is 5.40. The highest BCUT2D eigenvalue weighted by molar-refractivity contribution is 7.98. The molecule has 0 amide bonds. The number of nitrogens with two attached hydrogens (primary N) is 1. The number of rotatable bonds is 5. The predicted molar refractivity (Wildman–Crippen MR) is 73.7 cm³/mol. The first kappa shape index (κ1) is 13.4. The van der Waals surface area contributed by atoms with Gasteiger partial charge in [-0.1, -0.05) is 11.8 Å². The van der Waals surface area contributed by atoms with E-state index in [2.05, 4.69) is 20.7 Å². The largest absolute Gasteiger partial charge is 0.381 e. The molecule has 1 aromatic heterocycles. The quantitative estimate of drug-likeness (QED) is 0.323. The topological polar surface area (TPSA) is 85.1 Å². The van der Waals surface area contributed by atoms with E-state index in [4.69, 9.17) is 10.6 Å². The Kier molecular flexibility index (Phi) is 4.62. The number of ether oxygens (including phenoxy) is 1. The summed E-state index contributed by atoms with van der Waals surface area (Å²) < 4.78 is 5.36. The lowest BCUT2D eigenvalue weighted by Gasteiger charge is -2.14. The second-order valence-electron chi connectivity index (χ2n) is 4.28. The van der Waals surface area contributed by atoms with E-state index < -0.39 is 0 Å². The van der Waals surface area contributed by atoms with Crippen LogP contribution in [0.1, 0.15) is 19.3 Å². The van der Waals surface area contributed by atoms with E-state index in [1.54, 1.807) is 7.11 Å². The van der Waals surface area contributed by atoms with E-state index in [-0.39, 0.29) is 0 Å². The fraction of sp³-hybridized carbons (Fsp3) is 0.636. The third kappa shape index (κ3) is 3.24. The van der Waals surface area contributed by atoms with Crippen LogP contribution in [0, 0.1) is 0 Å². The van der Waals surface area contributed by atoms with E-state index in [1.807, 2.05) is 12.3 Å². The number of thioether (sulfide) groups is 1. The molecule has 6 nitrogen and oxygen atoms in total. The van der Waals surface area contributed by atoms with Gasteiger partial charge in [0.25, 0.3) is 0 Å². The van der Waals surface area contributed by atoms with Crippen molar-refractivity contribution in [3.8, 4) is 0 Å². The number of hydrazine groups is 1. The summed E-state index contributed by atoms with van der Waals surface area (Å²) in [5.41, 5.74) is 2.56. The number of hydrogen-bond donors (Lipinski definition) is 3. The van der Waals surface area contributed by atoms with Gasteiger partial charge in [0.05, 0.1) is 6.10 Å². The van der Waals surface area contributed by atoms with Gasteiger partial charge in [-0.25, -0.2) is 15.8 Å². The maximum Gasteiger partial charge on any atom is 0.191 e. The molecule has 0 bridgehead atoms. The molecule has 1 fully saturated rings. The summed E-state index contributed by atoms with van der Waals surface area (Å²) in [7, 11) is 1.76. The molecule has 18 heavy (non-hydrogen) atoms. The first-order chi connectivity index (χ1) is 8.75. The molecule has 1 heterocycles. The lowest BCUT2D eigenvalue weighted by molar-refractivity contribution is 0.108. The van der Waals surface area contributed by atoms with E-state index in [1.165, 1.54) is 11.8 Å². The average molecular weight is 269 g/mol. The molecule has 100 valence electrons. The molecule has 0 aliphatic heterocycles. The van der Waals surface area contributed by atoms with Crippen molar-refractivity contribution in [2.24, 2.45) is 5.84 Å². The fourth-order valence-corrected chi connectivity index (χ4v) is 2.54. The van der Waals surface area contributed by atoms with Crippen LogP contribution in [0.15, 0.2) is 11.2 Å². The Morgan fingerprint density at radius 3 is 2.78 bits per heavy atom. The van der Waals surface area contributed by atoms with Gasteiger partial charge in [0, 0.05) is 19.2 Å². The molecule has 7 heteroatoms. The van der Waals surface area contributed by atoms with Gasteiger partial charge in [-0.05, 0) is 25.5 Å². The molecule has 2 unspecified atom stereocenters. The second-order valence-corrected chi connectivity index (χ2v) is 5.05. The van der Waals surface area contributed by atoms with Crippen LogP contribution >= 0.6 is 11.8 Å². The second kappa shape index (κ2) is 6.21. The highest BCUT2D eigenvalue weighted by atomic mass is 32.2. The average Bonchev–Trinajstić information content (AvgIpc) is 2.85. The molecule has 1 aliphatic carbocycles. The van der Waals surface area contributed by atoms with Gasteiger partial charge in [-0.3, -0.25) is 0 Å². The molecule has 0 spiro atoms. The minimum Gasteiger partial charge on any atom is -0.381 e. The summed E-state index contributed by atoms with van der Waals surface area (Å²) in [6.07, 6.45) is 5.51. The van der Waals surface area contributed by atoms with Crippen molar-refractivity contribution in [1.29, 1.82) is 0 Å². The third-order valence-corrected chi connectivity index (χ3v) is 3.65. The van der Waals surface area contributed by atoms with E-state index >= 15 is 0 Å². The number of aromatic nitrogens is 2. The van der Waals surface area contributed by atoms with Crippen LogP contribution in [0.5, 0.6) is 0 Å². The molecular formula is C11H19N5OS. The number of nitrogens with one attached hydrogen (secondary N) is 2. The maximum atomic E-state index is 5.40. The molecule has 1 aliphatic rings. The summed E-state index contributed by atoms with van der Waals surface area (Å²) in [5, 5.41) is 4.12. The highest BCUT2D eigenvalue weighted by Crippen LogP contribution is 2.25. The Morgan fingerprint density at radius 2 is 2.17 bits per heavy atom. The van der Waals surface area contributed by atoms with Gasteiger partial charge in [0.15, 0.2) is 5.16 Å². The van der Waals surface area contributed by atoms with Crippen molar-refractivity contribution in [1.82, 2.24) is 9.97 Å². The Balaban J connectivity index is 2.04. The Bertz CT molecular complexity index is 381. The van der Waals surface area contributed by atoms with E-state index in [0.717, 1.165) is 25.1 Å². The molecule has 2 atom stereocenters. The summed E-state index contributed by atoms with van der Waals surface area (Å²) in [4.78, 5) is 8.65. The number of hydrogen-bond acceptors (Lipinski definition) is 7. The highest BCUT2D eigenvalue weighted by Gasteiger charge is 2.24. The summed E-state index contributed by atoms with van der Waals surface area (Å²) in [5.74, 6) is 6.83. The smallest absolute Gasteiger partial charge is 0.191 e. The minimum atomic E-state index is 0.358. The lowest BCUT2D eigenvalue weighted by atomic mass is 10.2. The fourth-order valence-electron chi connectivity index (χ4n) is 2.16. The van der Waals surface area contributed by atoms with E-state index in [9.17, 15) is 0 Å². The predicted octanol–water partition coefficient (Wildman–Crippen LogP) is 1.46. The van der Waals surface area contributed by atoms with Gasteiger partial charge < -0.3 is 15.5 Å². The van der Waals surface area contributed by atoms with Crippen LogP contribution in [0.2, 0.25) is 0 Å². The zero-order valence-corrected chi connectivity index (χ0v) is 11.5. The zero-order chi connectivity index (χ0) is 13.0. The Labute approximate surface area is 111 Å². The summed E-state index contributed by atoms with van der Waals surface area (Å²) in [6, 6.07) is 2.23. The standard InChI is InChI=1S/C11H19N5OS/c1-17-8-4-3-7(5-8)13-9-6-10(16-12)15-11(14-9)18-2/h6-8H,3-5,12H2,1-2H3,(H2,13,14,15,16). The minimum absolute atomic E-state index is 0.358. The van der Waals surface area contributed by atoms with Crippen molar-refractivity contribution in [2.75, 3.05) is 24.1 Å². The van der Waals surface area contributed by atoms with Crippen molar-refractivity contribution in [2.45, 2.75) is 36.6 Å². The van der Waals surface area contributed by atoms with Gasteiger partial charge in [0.1, 0.15) is 11.6 Å². The zero-order valence-electron chi connectivity index (χ0n) is 10.6. The van der Waals surface area contributed by atoms with E-state index in [0.29, 0.717) is 23.1 Å². The Hall–Kier alpha value is -1.05. The molecule has 1 saturated carbocycles. The molecular weight excluding hydrogens is 250 g/mol. The molecule has 0 aromatic carbocycles. The first-order valence-corrected chi connectivity index (χ1v) is 7.16. The van der Waals surface area contributed by atoms with Gasteiger partial charge >= 0.3 is 0 Å². The molecule has 0 radical (unpaired) electrons. The van der Waals surface area contributed by atoms with Gasteiger partial charge in [-0.15, -0.1) is 0 Å². The molecule has 1 aromatic rings. The van der Waals surface area contributed by atoms with Crippen molar-refractivity contribution in [3.63, 3.8) is 0 Å². The van der Waals surface area contributed by atoms with Crippen molar-refractivity contribution < 1.29 is 4.74 Å². The van der Waals surface area contributed by atoms with Gasteiger partial charge in [-0.2, -0.15) is 0 Å².